The maximum absolute atomic E-state index is 13.0. The second-order valence-corrected chi connectivity index (χ2v) is 9.26. The van der Waals surface area contributed by atoms with E-state index in [1.165, 1.54) is 21.3 Å². The van der Waals surface area contributed by atoms with Crippen LogP contribution >= 0.6 is 0 Å². The van der Waals surface area contributed by atoms with E-state index in [0.29, 0.717) is 26.1 Å². The third kappa shape index (κ3) is 4.01. The summed E-state index contributed by atoms with van der Waals surface area (Å²) in [6.07, 6.45) is 4.16. The Bertz CT molecular complexity index is 815. The zero-order chi connectivity index (χ0) is 19.6. The largest absolute Gasteiger partial charge is 0.481 e. The van der Waals surface area contributed by atoms with Crippen LogP contribution in [0.4, 0.5) is 0 Å². The van der Waals surface area contributed by atoms with Gasteiger partial charge in [0.15, 0.2) is 0 Å². The van der Waals surface area contributed by atoms with Crippen LogP contribution < -0.4 is 0 Å². The molecular weight excluding hydrogens is 368 g/mol. The summed E-state index contributed by atoms with van der Waals surface area (Å²) in [5.41, 5.74) is 0.281. The van der Waals surface area contributed by atoms with Crippen LogP contribution in [-0.4, -0.2) is 60.3 Å². The summed E-state index contributed by atoms with van der Waals surface area (Å²) < 4.78 is 27.4. The Morgan fingerprint density at radius 1 is 1.07 bits per heavy atom. The van der Waals surface area contributed by atoms with Gasteiger partial charge < -0.3 is 10.0 Å². The Morgan fingerprint density at radius 2 is 1.74 bits per heavy atom. The van der Waals surface area contributed by atoms with E-state index in [-0.39, 0.29) is 16.4 Å². The van der Waals surface area contributed by atoms with Gasteiger partial charge in [-0.05, 0) is 44.4 Å². The second kappa shape index (κ2) is 7.98. The molecule has 1 aromatic rings. The molecule has 7 nitrogen and oxygen atoms in total. The van der Waals surface area contributed by atoms with Gasteiger partial charge >= 0.3 is 5.97 Å². The van der Waals surface area contributed by atoms with Gasteiger partial charge in [-0.2, -0.15) is 4.31 Å². The molecule has 2 unspecified atom stereocenters. The first kappa shape index (κ1) is 19.8. The Labute approximate surface area is 160 Å². The topological polar surface area (TPSA) is 95.0 Å². The van der Waals surface area contributed by atoms with Gasteiger partial charge in [0.1, 0.15) is 0 Å². The molecular formula is C19H26N2O5S. The first-order valence-corrected chi connectivity index (χ1v) is 10.9. The predicted molar refractivity (Wildman–Crippen MR) is 99.9 cm³/mol. The third-order valence-electron chi connectivity index (χ3n) is 5.62. The van der Waals surface area contributed by atoms with Crippen molar-refractivity contribution >= 4 is 21.9 Å². The van der Waals surface area contributed by atoms with E-state index >= 15 is 0 Å². The van der Waals surface area contributed by atoms with Crippen LogP contribution in [0.2, 0.25) is 0 Å². The van der Waals surface area contributed by atoms with E-state index in [0.717, 1.165) is 25.7 Å². The number of likely N-dealkylation sites (tertiary alicyclic amines) is 1. The van der Waals surface area contributed by atoms with Gasteiger partial charge in [0.05, 0.1) is 10.8 Å². The van der Waals surface area contributed by atoms with E-state index < -0.39 is 28.0 Å². The Balaban J connectivity index is 1.83. The monoisotopic (exact) mass is 394 g/mol. The average Bonchev–Trinajstić information content (AvgIpc) is 2.85. The number of aliphatic carboxylic acids is 1. The number of rotatable bonds is 4. The molecule has 27 heavy (non-hydrogen) atoms. The number of benzene rings is 1. The van der Waals surface area contributed by atoms with Crippen molar-refractivity contribution in [1.82, 2.24) is 9.21 Å². The van der Waals surface area contributed by atoms with E-state index in [1.54, 1.807) is 19.1 Å². The van der Waals surface area contributed by atoms with Crippen LogP contribution in [0.1, 0.15) is 49.4 Å². The van der Waals surface area contributed by atoms with Crippen LogP contribution in [0, 0.1) is 5.92 Å². The van der Waals surface area contributed by atoms with Crippen molar-refractivity contribution in [3.8, 4) is 0 Å². The van der Waals surface area contributed by atoms with Gasteiger partial charge in [0, 0.05) is 31.2 Å². The third-order valence-corrected chi connectivity index (χ3v) is 7.51. The minimum atomic E-state index is -3.63. The molecule has 2 aliphatic rings. The molecule has 148 valence electrons. The lowest BCUT2D eigenvalue weighted by atomic mass is 10.0. The molecule has 2 fully saturated rings. The number of carboxylic acid groups (broad SMARTS) is 1. The van der Waals surface area contributed by atoms with Crippen molar-refractivity contribution in [3.63, 3.8) is 0 Å². The molecule has 2 saturated heterocycles. The number of carbonyl (C=O) groups excluding carboxylic acids is 1. The molecule has 8 heteroatoms. The van der Waals surface area contributed by atoms with Gasteiger partial charge in [-0.15, -0.1) is 0 Å². The molecule has 2 aliphatic heterocycles. The summed E-state index contributed by atoms with van der Waals surface area (Å²) in [6.45, 7) is 3.09. The van der Waals surface area contributed by atoms with Crippen LogP contribution in [0.25, 0.3) is 0 Å². The minimum Gasteiger partial charge on any atom is -0.481 e. The van der Waals surface area contributed by atoms with Gasteiger partial charge in [0.2, 0.25) is 10.0 Å². The normalized spacial score (nSPS) is 24.6. The van der Waals surface area contributed by atoms with Crippen LogP contribution in [0.5, 0.6) is 0 Å². The lowest BCUT2D eigenvalue weighted by Gasteiger charge is -2.24. The summed E-state index contributed by atoms with van der Waals surface area (Å²) in [6, 6.07) is 5.69. The van der Waals surface area contributed by atoms with Crippen molar-refractivity contribution in [1.29, 1.82) is 0 Å². The van der Waals surface area contributed by atoms with Crippen LogP contribution in [-0.2, 0) is 14.8 Å². The molecule has 2 atom stereocenters. The molecule has 0 radical (unpaired) electrons. The molecule has 1 amide bonds. The molecule has 0 aliphatic carbocycles. The van der Waals surface area contributed by atoms with Crippen molar-refractivity contribution in [2.75, 3.05) is 19.6 Å². The molecule has 3 rings (SSSR count). The van der Waals surface area contributed by atoms with Gasteiger partial charge in [-0.3, -0.25) is 9.59 Å². The van der Waals surface area contributed by atoms with Crippen LogP contribution in [0.3, 0.4) is 0 Å². The molecule has 1 aromatic carbocycles. The fraction of sp³-hybridized carbons (Fsp3) is 0.579. The van der Waals surface area contributed by atoms with Crippen molar-refractivity contribution in [3.05, 3.63) is 29.8 Å². The minimum absolute atomic E-state index is 0.122. The Morgan fingerprint density at radius 3 is 2.33 bits per heavy atom. The lowest BCUT2D eigenvalue weighted by Crippen LogP contribution is -2.37. The number of nitrogens with zero attached hydrogens (tertiary/aromatic N) is 2. The lowest BCUT2D eigenvalue weighted by molar-refractivity contribution is -0.142. The standard InChI is InChI=1S/C19H26N2O5S/c1-14-17(19(23)24)9-12-21(14)18(22)15-7-6-8-16(13-15)27(25,26)20-10-4-2-3-5-11-20/h6-8,13-14,17H,2-5,9-12H2,1H3,(H,23,24). The first-order chi connectivity index (χ1) is 12.8. The van der Waals surface area contributed by atoms with Crippen molar-refractivity contribution in [2.45, 2.75) is 50.0 Å². The molecule has 0 spiro atoms. The highest BCUT2D eigenvalue weighted by Crippen LogP contribution is 2.27. The Hall–Kier alpha value is -1.93. The molecule has 0 saturated carbocycles. The predicted octanol–water partition coefficient (Wildman–Crippen LogP) is 2.19. The highest BCUT2D eigenvalue weighted by atomic mass is 32.2. The SMILES string of the molecule is CC1C(C(=O)O)CCN1C(=O)c1cccc(S(=O)(=O)N2CCCCCC2)c1. The Kier molecular flexibility index (Phi) is 5.86. The smallest absolute Gasteiger partial charge is 0.308 e. The van der Waals surface area contributed by atoms with Gasteiger partial charge in [0.25, 0.3) is 5.91 Å². The first-order valence-electron chi connectivity index (χ1n) is 9.46. The highest BCUT2D eigenvalue weighted by molar-refractivity contribution is 7.89. The molecule has 2 heterocycles. The summed E-state index contributed by atoms with van der Waals surface area (Å²) in [5, 5.41) is 9.25. The maximum Gasteiger partial charge on any atom is 0.308 e. The number of hydrogen-bond donors (Lipinski definition) is 1. The number of hydrogen-bond acceptors (Lipinski definition) is 4. The molecule has 0 bridgehead atoms. The summed E-state index contributed by atoms with van der Waals surface area (Å²) >= 11 is 0. The maximum atomic E-state index is 13.0. The summed E-state index contributed by atoms with van der Waals surface area (Å²) in [7, 11) is -3.63. The van der Waals surface area contributed by atoms with Gasteiger partial charge in [-0.1, -0.05) is 18.9 Å². The zero-order valence-electron chi connectivity index (χ0n) is 15.5. The fourth-order valence-electron chi connectivity index (χ4n) is 3.94. The van der Waals surface area contributed by atoms with Crippen molar-refractivity contribution in [2.24, 2.45) is 5.92 Å². The summed E-state index contributed by atoms with van der Waals surface area (Å²) in [5.74, 6) is -1.81. The van der Waals surface area contributed by atoms with E-state index in [4.69, 9.17) is 0 Å². The molecule has 1 N–H and O–H groups in total. The fourth-order valence-corrected chi connectivity index (χ4v) is 5.51. The van der Waals surface area contributed by atoms with E-state index in [2.05, 4.69) is 0 Å². The second-order valence-electron chi connectivity index (χ2n) is 7.32. The van der Waals surface area contributed by atoms with Crippen LogP contribution in [0.15, 0.2) is 29.2 Å². The quantitative estimate of drug-likeness (QED) is 0.845. The summed E-state index contributed by atoms with van der Waals surface area (Å²) in [4.78, 5) is 25.8. The molecule has 0 aromatic heterocycles. The zero-order valence-corrected chi connectivity index (χ0v) is 16.3. The highest BCUT2D eigenvalue weighted by Gasteiger charge is 2.38. The number of carboxylic acids is 1. The number of amides is 1. The van der Waals surface area contributed by atoms with Crippen molar-refractivity contribution < 1.29 is 23.1 Å². The van der Waals surface area contributed by atoms with E-state index in [9.17, 15) is 23.1 Å². The number of carbonyl (C=O) groups is 2. The van der Waals surface area contributed by atoms with E-state index in [1.807, 2.05) is 0 Å². The number of sulfonamides is 1. The van der Waals surface area contributed by atoms with Gasteiger partial charge in [-0.25, -0.2) is 8.42 Å². The average molecular weight is 394 g/mol.